The van der Waals surface area contributed by atoms with Gasteiger partial charge in [-0.2, -0.15) is 18.2 Å². The van der Waals surface area contributed by atoms with Gasteiger partial charge in [0, 0.05) is 53.4 Å². The van der Waals surface area contributed by atoms with E-state index < -0.39 is 26.1 Å². The van der Waals surface area contributed by atoms with Crippen LogP contribution in [0.3, 0.4) is 0 Å². The van der Waals surface area contributed by atoms with Gasteiger partial charge in [-0.15, -0.1) is 39.1 Å². The van der Waals surface area contributed by atoms with Crippen LogP contribution in [0.2, 0.25) is 0 Å². The number of rotatable bonds is 13. The van der Waals surface area contributed by atoms with Crippen molar-refractivity contribution >= 4 is 43.7 Å². The molecule has 4 aromatic rings. The number of nitrogens with zero attached hydrogens (tertiary/aromatic N) is 6. The Hall–Kier alpha value is -4.07. The number of aryl methyl sites for hydroxylation is 1. The van der Waals surface area contributed by atoms with Crippen LogP contribution in [-0.2, 0) is 42.9 Å². The molecule has 2 aliphatic heterocycles. The Morgan fingerprint density at radius 1 is 0.915 bits per heavy atom. The van der Waals surface area contributed by atoms with Crippen molar-refractivity contribution in [2.45, 2.75) is 82.6 Å². The number of hydrogen-bond donors (Lipinski definition) is 1. The summed E-state index contributed by atoms with van der Waals surface area (Å²) in [6.45, 7) is 11.3. The van der Waals surface area contributed by atoms with Gasteiger partial charge in [0.2, 0.25) is 11.7 Å². The number of nitrogens with one attached hydrogen (secondary N) is 1. The van der Waals surface area contributed by atoms with Gasteiger partial charge in [0.1, 0.15) is 22.9 Å². The fourth-order valence-corrected chi connectivity index (χ4v) is 7.82. The number of allylic oxidation sites excluding steroid dienone is 6. The zero-order chi connectivity index (χ0) is 42.3. The van der Waals surface area contributed by atoms with Crippen molar-refractivity contribution in [3.63, 3.8) is 0 Å². The monoisotopic (exact) mass is 863 g/mol. The summed E-state index contributed by atoms with van der Waals surface area (Å²) in [6, 6.07) is 21.5. The van der Waals surface area contributed by atoms with E-state index in [2.05, 4.69) is 86.4 Å². The number of fused-ring (bicyclic) bond motifs is 2. The van der Waals surface area contributed by atoms with Crippen LogP contribution in [0, 0.1) is 13.0 Å². The maximum Gasteiger partial charge on any atom is 1.00 e. The predicted octanol–water partition coefficient (Wildman–Crippen LogP) is 2.62. The number of benzene rings is 3. The molecule has 1 N–H and O–H groups in total. The standard InChI is InChI=1S/C42H47N7O4S.K.O3S/c1-29-44-46-40(47-45-29)31-22-20-30(21-23-31)28-43-39(50)19-11-8-14-26-49-36-25-24-32(54(51,52)53)27-34(36)42(4,5)38(49)18-10-7-9-17-37-41(2,3)33-15-12-13-16-35(33)48(37)6;;1-4(2)3/h7,9-10,13,15-18,20-25,27H,8,11,14,19,26,28H2,1-6H3,(H,43,50)(H,51,52,53);;/q;+1;/p-1. The quantitative estimate of drug-likeness (QED) is 0.0517. The molecule has 1 amide bonds. The molecule has 0 radical (unpaired) electrons. The third-order valence-corrected chi connectivity index (χ3v) is 11.2. The van der Waals surface area contributed by atoms with E-state index in [0.717, 1.165) is 47.3 Å². The van der Waals surface area contributed by atoms with Crippen LogP contribution in [0.5, 0.6) is 0 Å². The summed E-state index contributed by atoms with van der Waals surface area (Å²) in [5, 5.41) is 19.0. The minimum atomic E-state index is -4.61. The molecule has 0 spiro atoms. The van der Waals surface area contributed by atoms with E-state index in [0.29, 0.717) is 31.2 Å². The van der Waals surface area contributed by atoms with Gasteiger partial charge < -0.3 is 14.8 Å². The van der Waals surface area contributed by atoms with Crippen molar-refractivity contribution in [1.82, 2.24) is 25.7 Å². The maximum absolute atomic E-state index is 12.7. The van der Waals surface area contributed by atoms with Gasteiger partial charge in [-0.1, -0.05) is 82.2 Å². The number of unbranched alkanes of at least 4 members (excludes halogenated alkanes) is 2. The van der Waals surface area contributed by atoms with E-state index in [1.54, 1.807) is 13.0 Å². The van der Waals surface area contributed by atoms with Gasteiger partial charge in [-0.05, 0) is 55.2 Å². The molecular formula is C42H46KN7O7S2. The molecule has 304 valence electrons. The second-order valence-electron chi connectivity index (χ2n) is 15.0. The first-order chi connectivity index (χ1) is 27.4. The fourth-order valence-electron chi connectivity index (χ4n) is 7.32. The molecule has 0 unspecified atom stereocenters. The van der Waals surface area contributed by atoms with Crippen molar-refractivity contribution in [3.05, 3.63) is 125 Å². The molecule has 3 aromatic carbocycles. The Morgan fingerprint density at radius 3 is 2.24 bits per heavy atom. The number of aromatic nitrogens is 4. The molecule has 0 atom stereocenters. The Labute approximate surface area is 389 Å². The normalized spacial score (nSPS) is 15.8. The summed E-state index contributed by atoms with van der Waals surface area (Å²) < 4.78 is 63.4. The molecule has 59 heavy (non-hydrogen) atoms. The molecule has 2 aliphatic rings. The van der Waals surface area contributed by atoms with Gasteiger partial charge >= 0.3 is 62.0 Å². The zero-order valence-electron chi connectivity index (χ0n) is 34.3. The first-order valence-electron chi connectivity index (χ1n) is 18.6. The summed E-state index contributed by atoms with van der Waals surface area (Å²) in [5.74, 6) is 0.944. The first-order valence-corrected chi connectivity index (χ1v) is 21.0. The number of anilines is 1. The van der Waals surface area contributed by atoms with Crippen LogP contribution in [0.1, 0.15) is 75.9 Å². The van der Waals surface area contributed by atoms with Crippen LogP contribution in [0.15, 0.2) is 102 Å². The van der Waals surface area contributed by atoms with Crippen molar-refractivity contribution in [2.24, 2.45) is 0 Å². The van der Waals surface area contributed by atoms with Gasteiger partial charge in [0.25, 0.3) is 0 Å². The van der Waals surface area contributed by atoms with E-state index in [4.69, 9.17) is 12.6 Å². The van der Waals surface area contributed by atoms with Crippen molar-refractivity contribution in [3.8, 4) is 11.4 Å². The van der Waals surface area contributed by atoms with Gasteiger partial charge in [0.15, 0.2) is 11.5 Å². The Kier molecular flexibility index (Phi) is 16.5. The Balaban J connectivity index is 0.00000147. The molecule has 0 saturated heterocycles. The molecule has 1 aromatic heterocycles. The molecule has 0 aliphatic carbocycles. The molecule has 14 nitrogen and oxygen atoms in total. The molecule has 0 saturated carbocycles. The summed E-state index contributed by atoms with van der Waals surface area (Å²) >= 11 is 0. The van der Waals surface area contributed by atoms with Crippen LogP contribution in [0.4, 0.5) is 11.4 Å². The molecule has 6 rings (SSSR count). The van der Waals surface area contributed by atoms with Gasteiger partial charge in [-0.25, -0.2) is 13.0 Å². The SMILES string of the molecule is Cc1nnc(-c2ccc(CNC(=O)CCCCCN3C(=CC=CC=CC4=[N+](C)c5cc[c-]cc5C4(C)C)C(C)(C)c4cc(S(=O)(=O)[O-])ccc43)cc2)nn1.O=S(=O)=O.[K+]. The molecule has 3 heterocycles. The smallest absolute Gasteiger partial charge is 0.744 e. The van der Waals surface area contributed by atoms with E-state index in [-0.39, 0.29) is 67.6 Å². The average Bonchev–Trinajstić information content (AvgIpc) is 3.50. The van der Waals surface area contributed by atoms with E-state index >= 15 is 0 Å². The van der Waals surface area contributed by atoms with E-state index in [1.807, 2.05) is 62.4 Å². The molecule has 0 bridgehead atoms. The number of carbonyl (C=O) groups excluding carboxylic acids is 1. The zero-order valence-corrected chi connectivity index (χ0v) is 39.0. The van der Waals surface area contributed by atoms with Crippen molar-refractivity contribution in [2.75, 3.05) is 18.5 Å². The van der Waals surface area contributed by atoms with Gasteiger partial charge in [-0.3, -0.25) is 4.79 Å². The third-order valence-electron chi connectivity index (χ3n) is 10.3. The van der Waals surface area contributed by atoms with Crippen LogP contribution in [0.25, 0.3) is 11.4 Å². The third kappa shape index (κ3) is 11.8. The van der Waals surface area contributed by atoms with Crippen LogP contribution < -0.4 is 61.6 Å². The van der Waals surface area contributed by atoms with Crippen molar-refractivity contribution < 1.29 is 86.4 Å². The molecular weight excluding hydrogens is 818 g/mol. The van der Waals surface area contributed by atoms with Crippen LogP contribution in [-0.4, -0.2) is 75.8 Å². The second kappa shape index (κ2) is 20.5. The Bertz CT molecular complexity index is 2510. The fraction of sp³-hybridized carbons (Fsp3) is 0.333. The summed E-state index contributed by atoms with van der Waals surface area (Å²) in [5.41, 5.74) is 7.34. The van der Waals surface area contributed by atoms with Crippen molar-refractivity contribution in [1.29, 1.82) is 0 Å². The van der Waals surface area contributed by atoms with Crippen LogP contribution >= 0.6 is 0 Å². The summed E-state index contributed by atoms with van der Waals surface area (Å²) in [6.07, 6.45) is 13.0. The first kappa shape index (κ1) is 47.6. The number of carbonyl (C=O) groups is 1. The predicted molar refractivity (Wildman–Crippen MR) is 218 cm³/mol. The summed E-state index contributed by atoms with van der Waals surface area (Å²) in [7, 11) is -5.64. The van der Waals surface area contributed by atoms with Gasteiger partial charge in [0.05, 0.1) is 4.90 Å². The summed E-state index contributed by atoms with van der Waals surface area (Å²) in [4.78, 5) is 14.7. The van der Waals surface area contributed by atoms with E-state index in [1.165, 1.54) is 29.1 Å². The maximum atomic E-state index is 12.7. The largest absolute Gasteiger partial charge is 1.00 e. The average molecular weight is 864 g/mol. The van der Waals surface area contributed by atoms with E-state index in [9.17, 15) is 17.8 Å². The molecule has 17 heteroatoms. The topological polar surface area (TPSA) is 195 Å². The number of hydrogen-bond acceptors (Lipinski definition) is 12. The molecule has 0 fully saturated rings. The second-order valence-corrected chi connectivity index (χ2v) is 16.8. The minimum Gasteiger partial charge on any atom is -0.744 e. The number of amides is 1. The minimum absolute atomic E-state index is 0. The Morgan fingerprint density at radius 2 is 1.59 bits per heavy atom.